The second kappa shape index (κ2) is 11.2. The van der Waals surface area contributed by atoms with E-state index in [-0.39, 0.29) is 17.2 Å². The molecule has 0 unspecified atom stereocenters. The largest absolute Gasteiger partial charge is 0.462 e. The number of esters is 2. The molecule has 0 spiro atoms. The lowest BCUT2D eigenvalue weighted by Crippen LogP contribution is -2.32. The zero-order valence-corrected chi connectivity index (χ0v) is 18.5. The van der Waals surface area contributed by atoms with Crippen LogP contribution in [-0.2, 0) is 19.1 Å². The summed E-state index contributed by atoms with van der Waals surface area (Å²) in [6.45, 7) is 2.41. The number of thiophene rings is 1. The van der Waals surface area contributed by atoms with Gasteiger partial charge in [-0.3, -0.25) is 24.5 Å². The normalized spacial score (nSPS) is 10.2. The Hall–Kier alpha value is -3.51. The van der Waals surface area contributed by atoms with E-state index in [9.17, 15) is 29.3 Å². The van der Waals surface area contributed by atoms with Gasteiger partial charge in [0, 0.05) is 11.6 Å². The minimum atomic E-state index is -0.897. The van der Waals surface area contributed by atoms with E-state index in [1.165, 1.54) is 12.1 Å². The summed E-state index contributed by atoms with van der Waals surface area (Å²) in [6, 6.07) is 5.01. The number of anilines is 1. The molecule has 0 aliphatic rings. The summed E-state index contributed by atoms with van der Waals surface area (Å²) in [7, 11) is 0. The molecule has 1 heterocycles. The number of halogens is 1. The molecule has 0 fully saturated rings. The standard InChI is InChI=1S/C19H18ClN3O8S/c1-3-30-19(27)17-10(2)6-15(32-17)22-14(24)9-31-16(25)8-21-18(26)11-4-5-12(20)13(7-11)23(28)29/h4-7H,3,8-9H2,1-2H3,(H,21,26)(H,22,24). The van der Waals surface area contributed by atoms with Crippen molar-refractivity contribution < 1.29 is 33.6 Å². The molecule has 170 valence electrons. The predicted octanol–water partition coefficient (Wildman–Crippen LogP) is 2.71. The van der Waals surface area contributed by atoms with Gasteiger partial charge in [-0.2, -0.15) is 0 Å². The highest BCUT2D eigenvalue weighted by atomic mass is 35.5. The molecule has 0 bridgehead atoms. The Morgan fingerprint density at radius 1 is 1.19 bits per heavy atom. The van der Waals surface area contributed by atoms with Crippen molar-refractivity contribution in [2.45, 2.75) is 13.8 Å². The van der Waals surface area contributed by atoms with Crippen molar-refractivity contribution in [3.8, 4) is 0 Å². The summed E-state index contributed by atoms with van der Waals surface area (Å²) in [4.78, 5) is 58.1. The van der Waals surface area contributed by atoms with E-state index >= 15 is 0 Å². The fraction of sp³-hybridized carbons (Fsp3) is 0.263. The lowest BCUT2D eigenvalue weighted by atomic mass is 10.2. The van der Waals surface area contributed by atoms with Crippen LogP contribution < -0.4 is 10.6 Å². The lowest BCUT2D eigenvalue weighted by molar-refractivity contribution is -0.384. The lowest BCUT2D eigenvalue weighted by Gasteiger charge is -2.07. The first-order valence-corrected chi connectivity index (χ1v) is 10.3. The highest BCUT2D eigenvalue weighted by molar-refractivity contribution is 7.18. The van der Waals surface area contributed by atoms with Crippen LogP contribution in [0.25, 0.3) is 0 Å². The molecule has 0 aliphatic carbocycles. The number of benzene rings is 1. The number of carbonyl (C=O) groups excluding carboxylic acids is 4. The van der Waals surface area contributed by atoms with Gasteiger partial charge < -0.3 is 20.1 Å². The van der Waals surface area contributed by atoms with Crippen molar-refractivity contribution in [2.24, 2.45) is 0 Å². The number of aryl methyl sites for hydroxylation is 1. The molecule has 0 atom stereocenters. The van der Waals surface area contributed by atoms with Gasteiger partial charge in [-0.15, -0.1) is 11.3 Å². The number of nitrogens with one attached hydrogen (secondary N) is 2. The van der Waals surface area contributed by atoms with Crippen LogP contribution in [0.15, 0.2) is 24.3 Å². The van der Waals surface area contributed by atoms with Gasteiger partial charge in [0.05, 0.1) is 16.5 Å². The van der Waals surface area contributed by atoms with Crippen molar-refractivity contribution >= 4 is 57.4 Å². The Labute approximate surface area is 190 Å². The number of hydrogen-bond acceptors (Lipinski definition) is 9. The van der Waals surface area contributed by atoms with E-state index in [1.807, 2.05) is 0 Å². The highest BCUT2D eigenvalue weighted by Crippen LogP contribution is 2.27. The first-order chi connectivity index (χ1) is 15.1. The van der Waals surface area contributed by atoms with E-state index in [0.29, 0.717) is 15.4 Å². The van der Waals surface area contributed by atoms with Crippen LogP contribution in [0.1, 0.15) is 32.5 Å². The summed E-state index contributed by atoms with van der Waals surface area (Å²) in [6.07, 6.45) is 0. The van der Waals surface area contributed by atoms with Crippen LogP contribution in [0.5, 0.6) is 0 Å². The summed E-state index contributed by atoms with van der Waals surface area (Å²) in [5, 5.41) is 15.9. The van der Waals surface area contributed by atoms with Crippen molar-refractivity contribution in [3.63, 3.8) is 0 Å². The first-order valence-electron chi connectivity index (χ1n) is 9.07. The number of nitrogens with zero attached hydrogens (tertiary/aromatic N) is 1. The van der Waals surface area contributed by atoms with E-state index in [2.05, 4.69) is 10.6 Å². The quantitative estimate of drug-likeness (QED) is 0.313. The number of rotatable bonds is 9. The zero-order valence-electron chi connectivity index (χ0n) is 16.9. The van der Waals surface area contributed by atoms with Crippen LogP contribution in [-0.4, -0.2) is 48.4 Å². The van der Waals surface area contributed by atoms with E-state index < -0.39 is 47.5 Å². The fourth-order valence-corrected chi connectivity index (χ4v) is 3.53. The van der Waals surface area contributed by atoms with Gasteiger partial charge >= 0.3 is 11.9 Å². The maximum atomic E-state index is 12.1. The monoisotopic (exact) mass is 483 g/mol. The Bertz CT molecular complexity index is 1070. The van der Waals surface area contributed by atoms with Crippen molar-refractivity contribution in [1.29, 1.82) is 0 Å². The van der Waals surface area contributed by atoms with Crippen LogP contribution in [0, 0.1) is 17.0 Å². The van der Waals surface area contributed by atoms with Crippen LogP contribution in [0.3, 0.4) is 0 Å². The molecule has 11 nitrogen and oxygen atoms in total. The summed E-state index contributed by atoms with van der Waals surface area (Å²) >= 11 is 6.71. The van der Waals surface area contributed by atoms with Gasteiger partial charge in [0.1, 0.15) is 16.4 Å². The molecule has 0 aliphatic heterocycles. The van der Waals surface area contributed by atoms with E-state index in [1.54, 1.807) is 19.9 Å². The molecule has 2 amide bonds. The fourth-order valence-electron chi connectivity index (χ4n) is 2.36. The van der Waals surface area contributed by atoms with Gasteiger partial charge in [0.25, 0.3) is 17.5 Å². The third kappa shape index (κ3) is 6.75. The molecule has 1 aromatic heterocycles. The smallest absolute Gasteiger partial charge is 0.348 e. The molecule has 0 saturated heterocycles. The Morgan fingerprint density at radius 3 is 2.56 bits per heavy atom. The molecular weight excluding hydrogens is 466 g/mol. The topological polar surface area (TPSA) is 154 Å². The van der Waals surface area contributed by atoms with Crippen molar-refractivity contribution in [3.05, 3.63) is 55.4 Å². The maximum Gasteiger partial charge on any atom is 0.348 e. The number of nitro groups is 1. The van der Waals surface area contributed by atoms with Crippen LogP contribution in [0.4, 0.5) is 10.7 Å². The van der Waals surface area contributed by atoms with Gasteiger partial charge in [-0.1, -0.05) is 11.6 Å². The number of ether oxygens (including phenoxy) is 2. The third-order valence-corrected chi connectivity index (χ3v) is 5.26. The Kier molecular flexibility index (Phi) is 8.67. The number of nitro benzene ring substituents is 1. The Morgan fingerprint density at radius 2 is 1.91 bits per heavy atom. The molecular formula is C19H18ClN3O8S. The zero-order chi connectivity index (χ0) is 23.8. The number of amides is 2. The third-order valence-electron chi connectivity index (χ3n) is 3.80. The SMILES string of the molecule is CCOC(=O)c1sc(NC(=O)COC(=O)CNC(=O)c2ccc(Cl)c([N+](=O)[O-])c2)cc1C. The van der Waals surface area contributed by atoms with E-state index in [4.69, 9.17) is 21.1 Å². The average Bonchev–Trinajstić information content (AvgIpc) is 3.10. The minimum Gasteiger partial charge on any atom is -0.462 e. The first kappa shape index (κ1) is 24.8. The maximum absolute atomic E-state index is 12.1. The minimum absolute atomic E-state index is 0.0721. The number of carbonyl (C=O) groups is 4. The van der Waals surface area contributed by atoms with E-state index in [0.717, 1.165) is 17.4 Å². The van der Waals surface area contributed by atoms with Crippen LogP contribution >= 0.6 is 22.9 Å². The average molecular weight is 484 g/mol. The number of hydrogen-bond donors (Lipinski definition) is 2. The van der Waals surface area contributed by atoms with Gasteiger partial charge in [-0.05, 0) is 37.6 Å². The summed E-state index contributed by atoms with van der Waals surface area (Å²) in [5.74, 6) is -2.79. The van der Waals surface area contributed by atoms with Crippen molar-refractivity contribution in [2.75, 3.05) is 25.1 Å². The van der Waals surface area contributed by atoms with Gasteiger partial charge in [0.2, 0.25) is 0 Å². The molecule has 2 N–H and O–H groups in total. The van der Waals surface area contributed by atoms with Crippen LogP contribution in [0.2, 0.25) is 5.02 Å². The molecule has 32 heavy (non-hydrogen) atoms. The summed E-state index contributed by atoms with van der Waals surface area (Å²) < 4.78 is 9.71. The highest BCUT2D eigenvalue weighted by Gasteiger charge is 2.18. The van der Waals surface area contributed by atoms with Crippen molar-refractivity contribution in [1.82, 2.24) is 5.32 Å². The molecule has 0 saturated carbocycles. The molecule has 1 aromatic carbocycles. The molecule has 2 rings (SSSR count). The second-order valence-electron chi connectivity index (χ2n) is 6.16. The second-order valence-corrected chi connectivity index (χ2v) is 7.62. The Balaban J connectivity index is 1.82. The molecule has 13 heteroatoms. The van der Waals surface area contributed by atoms with Gasteiger partial charge in [-0.25, -0.2) is 4.79 Å². The molecule has 2 aromatic rings. The molecule has 0 radical (unpaired) electrons. The van der Waals surface area contributed by atoms with Gasteiger partial charge in [0.15, 0.2) is 6.61 Å². The summed E-state index contributed by atoms with van der Waals surface area (Å²) in [5.41, 5.74) is 0.108. The predicted molar refractivity (Wildman–Crippen MR) is 115 cm³/mol.